The van der Waals surface area contributed by atoms with E-state index in [-0.39, 0.29) is 0 Å². The van der Waals surface area contributed by atoms with Gasteiger partial charge in [-0.15, -0.1) is 0 Å². The molecule has 0 aromatic rings. The van der Waals surface area contributed by atoms with E-state index in [1.807, 2.05) is 0 Å². The Labute approximate surface area is 512 Å². The van der Waals surface area contributed by atoms with E-state index in [1.165, 1.54) is 0 Å². The van der Waals surface area contributed by atoms with Crippen molar-refractivity contribution in [3.63, 3.8) is 0 Å². The minimum Gasteiger partial charge on any atom is -0.479 e. The lowest BCUT2D eigenvalue weighted by Crippen LogP contribution is -2.70. The quantitative estimate of drug-likeness (QED) is 0.0283. The molecule has 5 heterocycles. The molecule has 0 spiro atoms. The van der Waals surface area contributed by atoms with Crippen LogP contribution < -0.4 is 0 Å². The molecule has 45 nitrogen and oxygen atoms in total. The fourth-order valence-electron chi connectivity index (χ4n) is 10.3. The molecule has 0 aromatic carbocycles. The minimum atomic E-state index is -6.13. The Morgan fingerprint density at radius 3 is 0.889 bits per heavy atom. The first-order valence-electron chi connectivity index (χ1n) is 25.0. The summed E-state index contributed by atoms with van der Waals surface area (Å²) in [5.74, 6) is -4.09. The van der Waals surface area contributed by atoms with Gasteiger partial charge in [-0.05, 0) is 6.92 Å². The molecule has 0 aliphatic carbocycles. The Balaban J connectivity index is 1.60. The molecule has 8 N–H and O–H groups in total. The number of carboxylic acids is 2. The van der Waals surface area contributed by atoms with Crippen LogP contribution in [0.4, 0.5) is 0 Å². The smallest absolute Gasteiger partial charge is 0.397 e. The molecular weight excluding hydrogens is 1380 g/mol. The zero-order valence-electron chi connectivity index (χ0n) is 47.7. The summed E-state index contributed by atoms with van der Waals surface area (Å²) in [6.07, 6.45) is -53.0. The van der Waals surface area contributed by atoms with Gasteiger partial charge in [0, 0.05) is 56.9 Å². The van der Waals surface area contributed by atoms with Gasteiger partial charge in [0.1, 0.15) is 104 Å². The highest BCUT2D eigenvalue weighted by Gasteiger charge is 2.62. The summed E-state index contributed by atoms with van der Waals surface area (Å²) in [4.78, 5) is 26.5. The number of hydrogen-bond acceptors (Lipinski definition) is 37. The van der Waals surface area contributed by atoms with Crippen LogP contribution in [0.5, 0.6) is 0 Å². The number of methoxy groups -OCH3 is 8. The van der Waals surface area contributed by atoms with E-state index < -0.39 is 247 Å². The third-order valence-corrected chi connectivity index (χ3v) is 16.4. The summed E-state index contributed by atoms with van der Waals surface area (Å²) in [5.41, 5.74) is 0. The summed E-state index contributed by atoms with van der Waals surface area (Å²) < 4.78 is 329. The van der Waals surface area contributed by atoms with Gasteiger partial charge in [-0.25, -0.2) is 34.7 Å². The molecule has 5 aliphatic heterocycles. The third kappa shape index (κ3) is 21.0. The fraction of sp³-hybridized carbons (Fsp3) is 0.949. The van der Waals surface area contributed by atoms with Crippen molar-refractivity contribution in [2.75, 3.05) is 76.7 Å². The molecule has 90 heavy (non-hydrogen) atoms. The normalized spacial score (nSPS) is 38.6. The lowest BCUT2D eigenvalue weighted by atomic mass is 9.94. The molecule has 0 amide bonds. The van der Waals surface area contributed by atoms with Gasteiger partial charge in [0.25, 0.3) is 0 Å². The molecule has 51 heteroatoms. The monoisotopic (exact) mass is 1450 g/mol. The largest absolute Gasteiger partial charge is 0.479 e. The molecule has 5 rings (SSSR count). The van der Waals surface area contributed by atoms with E-state index in [0.29, 0.717) is 0 Å². The van der Waals surface area contributed by atoms with Crippen molar-refractivity contribution >= 4 is 74.3 Å². The van der Waals surface area contributed by atoms with Crippen LogP contribution in [0.3, 0.4) is 0 Å². The van der Waals surface area contributed by atoms with Crippen LogP contribution in [0.25, 0.3) is 0 Å². The Bertz CT molecular complexity index is 3060. The van der Waals surface area contributed by atoms with E-state index in [0.717, 1.165) is 63.8 Å². The molecule has 528 valence electrons. The molecule has 5 fully saturated rings. The third-order valence-electron chi connectivity index (χ3n) is 13.7. The van der Waals surface area contributed by atoms with Crippen LogP contribution >= 0.6 is 0 Å². The highest BCUT2D eigenvalue weighted by atomic mass is 32.3. The summed E-state index contributed by atoms with van der Waals surface area (Å²) in [5, 5.41) is 21.4. The van der Waals surface area contributed by atoms with E-state index >= 15 is 0 Å². The van der Waals surface area contributed by atoms with Crippen LogP contribution in [0.1, 0.15) is 6.92 Å². The predicted octanol–water partition coefficient (Wildman–Crippen LogP) is -6.47. The molecular formula is C39H66O45S6. The number of rotatable bonds is 33. The maximum atomic E-state index is 13.3. The van der Waals surface area contributed by atoms with E-state index in [2.05, 4.69) is 12.5 Å². The zero-order chi connectivity index (χ0) is 68.0. The average Bonchev–Trinajstić information content (AvgIpc) is 0.863. The van der Waals surface area contributed by atoms with Gasteiger partial charge in [0.15, 0.2) is 43.5 Å². The van der Waals surface area contributed by atoms with Gasteiger partial charge in [-0.2, -0.15) is 50.5 Å². The lowest BCUT2D eigenvalue weighted by molar-refractivity contribution is -0.387. The SMILES string of the molecule is COC1C(COS(=O)(=O)O)OC(OC2C(C(=O)O)OC(OC3C(COS(=O)(=O)O)OC(OC4C(C(=O)O)OC(OC5C(COS(=O)(=O)O)OC(C)C(OS(=O)(=O)O)C5OC)C(OC)C4OC)C(OS(=O)(=O)O)C3OS(=O)(=O)O)C(OC)C2OC)C(OC)C1OC. The van der Waals surface area contributed by atoms with Crippen LogP contribution in [-0.4, -0.2) is 330 Å². The zero-order valence-corrected chi connectivity index (χ0v) is 52.6. The highest BCUT2D eigenvalue weighted by molar-refractivity contribution is 7.82. The Morgan fingerprint density at radius 2 is 0.567 bits per heavy atom. The maximum Gasteiger partial charge on any atom is 0.397 e. The molecule has 25 atom stereocenters. The summed E-state index contributed by atoms with van der Waals surface area (Å²) in [6.45, 7) is -2.73. The Hall–Kier alpha value is -2.52. The van der Waals surface area contributed by atoms with E-state index in [9.17, 15) is 97.6 Å². The van der Waals surface area contributed by atoms with E-state index in [1.54, 1.807) is 0 Å². The lowest BCUT2D eigenvalue weighted by Gasteiger charge is -2.51. The first kappa shape index (κ1) is 78.2. The molecule has 5 saturated heterocycles. The van der Waals surface area contributed by atoms with Gasteiger partial charge in [0.05, 0.1) is 25.9 Å². The van der Waals surface area contributed by atoms with Crippen molar-refractivity contribution in [1.82, 2.24) is 0 Å². The van der Waals surface area contributed by atoms with Gasteiger partial charge in [-0.3, -0.25) is 27.3 Å². The Kier molecular flexibility index (Phi) is 27.8. The average molecular weight is 1450 g/mol. The molecule has 25 unspecified atom stereocenters. The summed E-state index contributed by atoms with van der Waals surface area (Å²) in [6, 6.07) is 0. The highest BCUT2D eigenvalue weighted by Crippen LogP contribution is 2.41. The van der Waals surface area contributed by atoms with Crippen molar-refractivity contribution in [1.29, 1.82) is 0 Å². The molecule has 0 bridgehead atoms. The van der Waals surface area contributed by atoms with Crippen molar-refractivity contribution in [2.45, 2.75) is 160 Å². The predicted molar refractivity (Wildman–Crippen MR) is 272 cm³/mol. The maximum absolute atomic E-state index is 13.3. The van der Waals surface area contributed by atoms with Crippen LogP contribution in [0.2, 0.25) is 0 Å². The van der Waals surface area contributed by atoms with Crippen molar-refractivity contribution < 1.29 is 203 Å². The first-order valence-corrected chi connectivity index (χ1v) is 33.2. The van der Waals surface area contributed by atoms with Crippen LogP contribution in [0, 0.1) is 0 Å². The second-order valence-electron chi connectivity index (χ2n) is 19.1. The number of carbonyl (C=O) groups is 2. The van der Waals surface area contributed by atoms with Gasteiger partial charge < -0.3 is 90.7 Å². The number of carboxylic acid groups (broad SMARTS) is 2. The second-order valence-corrected chi connectivity index (χ2v) is 25.5. The topological polar surface area (TPSA) is 613 Å². The Morgan fingerprint density at radius 1 is 0.311 bits per heavy atom. The number of hydrogen-bond donors (Lipinski definition) is 8. The second kappa shape index (κ2) is 32.0. The summed E-state index contributed by atoms with van der Waals surface area (Å²) >= 11 is 0. The fourth-order valence-corrected chi connectivity index (χ4v) is 12.7. The molecule has 0 aromatic heterocycles. The van der Waals surface area contributed by atoms with Crippen LogP contribution in [0.15, 0.2) is 0 Å². The number of aliphatic carboxylic acids is 2. The van der Waals surface area contributed by atoms with Crippen molar-refractivity contribution in [2.24, 2.45) is 0 Å². The molecule has 0 radical (unpaired) electrons. The molecule has 5 aliphatic rings. The summed E-state index contributed by atoms with van der Waals surface area (Å²) in [7, 11) is -26.0. The first-order chi connectivity index (χ1) is 41.6. The minimum absolute atomic E-state index is 0.829. The standard InChI is InChI=1S/C39H66O45S6/c1-13-17(82-88(53,54)55)21(63-3)19(15(73-13)11-71-86(47,48)49)76-37-31(68-8)24(66-6)26(29(80-37)35(42)43)79-39-33(84-90(59,60)61)27(83-89(56,57)58)20(16(75-39)12-72-87(50,51)52)77-38-32(69-9)23(65-5)25(28(81-38)34(40)41)78-36-30(67-7)22(64-4)18(62-2)14(74-36)10-70-85(44,45)46/h13-33,36-39H,10-12H2,1-9H3,(H,40,41)(H,42,43)(H,44,45,46)(H,47,48,49)(H,50,51,52)(H,53,54,55)(H,56,57,58)(H,59,60,61). The van der Waals surface area contributed by atoms with Gasteiger partial charge in [0.2, 0.25) is 0 Å². The van der Waals surface area contributed by atoms with Crippen LogP contribution in [-0.2, 0) is 178 Å². The van der Waals surface area contributed by atoms with E-state index in [4.69, 9.17) is 93.1 Å². The van der Waals surface area contributed by atoms with Gasteiger partial charge >= 0.3 is 74.3 Å². The van der Waals surface area contributed by atoms with Gasteiger partial charge in [-0.1, -0.05) is 0 Å². The molecule has 0 saturated carbocycles. The van der Waals surface area contributed by atoms with Crippen molar-refractivity contribution in [3.8, 4) is 0 Å². The van der Waals surface area contributed by atoms with Crippen molar-refractivity contribution in [3.05, 3.63) is 0 Å². The number of ether oxygens (including phenoxy) is 17.